The molecule has 0 unspecified atom stereocenters. The molecule has 4 heterocycles. The van der Waals surface area contributed by atoms with Crippen LogP contribution in [0, 0.1) is 47.4 Å². The van der Waals surface area contributed by atoms with E-state index < -0.39 is 47.3 Å². The van der Waals surface area contributed by atoms with Gasteiger partial charge in [-0.15, -0.1) is 0 Å². The summed E-state index contributed by atoms with van der Waals surface area (Å²) in [6, 6.07) is 64.4. The van der Waals surface area contributed by atoms with Crippen LogP contribution >= 0.6 is 0 Å². The van der Waals surface area contributed by atoms with Gasteiger partial charge in [-0.1, -0.05) is 132 Å². The minimum atomic E-state index is -0.772. The minimum Gasteiger partial charge on any atom is -0.268 e. The lowest BCUT2D eigenvalue weighted by Gasteiger charge is -2.25. The molecule has 12 heteroatoms. The lowest BCUT2D eigenvalue weighted by molar-refractivity contribution is 0.0904. The van der Waals surface area contributed by atoms with Crippen molar-refractivity contribution in [1.29, 1.82) is 0 Å². The fraction of sp³-hybridized carbons (Fsp3) is 0. The highest BCUT2D eigenvalue weighted by Gasteiger charge is 2.45. The molecule has 0 radical (unpaired) electrons. The van der Waals surface area contributed by atoms with Gasteiger partial charge in [0.15, 0.2) is 0 Å². The number of carbonyl (C=O) groups is 8. The maximum atomic E-state index is 15.0. The van der Waals surface area contributed by atoms with Crippen molar-refractivity contribution in [3.05, 3.63) is 320 Å². The number of carbonyl (C=O) groups excluding carboxylic acids is 8. The molecular formula is C76H38N4O8. The van der Waals surface area contributed by atoms with Gasteiger partial charge in [0.2, 0.25) is 0 Å². The normalized spacial score (nSPS) is 13.4. The number of amides is 8. The van der Waals surface area contributed by atoms with Crippen molar-refractivity contribution in [3.8, 4) is 58.5 Å². The van der Waals surface area contributed by atoms with E-state index in [-0.39, 0.29) is 78.4 Å². The molecule has 88 heavy (non-hydrogen) atoms. The van der Waals surface area contributed by atoms with Crippen LogP contribution in [0.1, 0.15) is 127 Å². The number of hydrogen-bond acceptors (Lipinski definition) is 8. The first-order valence-corrected chi connectivity index (χ1v) is 27.6. The van der Waals surface area contributed by atoms with Crippen LogP contribution in [0.25, 0.3) is 11.1 Å². The van der Waals surface area contributed by atoms with Crippen molar-refractivity contribution >= 4 is 70.0 Å². The quantitative estimate of drug-likeness (QED) is 0.122. The molecule has 10 aromatic carbocycles. The molecule has 4 aliphatic rings. The van der Waals surface area contributed by atoms with Crippen LogP contribution < -0.4 is 19.6 Å². The molecule has 0 atom stereocenters. The van der Waals surface area contributed by atoms with E-state index in [0.29, 0.717) is 22.3 Å². The van der Waals surface area contributed by atoms with Crippen LogP contribution in [-0.2, 0) is 0 Å². The van der Waals surface area contributed by atoms with Crippen LogP contribution in [-0.4, -0.2) is 47.3 Å². The first kappa shape index (κ1) is 53.0. The van der Waals surface area contributed by atoms with Crippen molar-refractivity contribution in [1.82, 2.24) is 0 Å². The van der Waals surface area contributed by atoms with E-state index in [2.05, 4.69) is 47.4 Å². The molecule has 410 valence electrons. The molecule has 12 nitrogen and oxygen atoms in total. The van der Waals surface area contributed by atoms with Crippen molar-refractivity contribution in [2.24, 2.45) is 0 Å². The Morgan fingerprint density at radius 3 is 0.648 bits per heavy atom. The van der Waals surface area contributed by atoms with Crippen molar-refractivity contribution in [2.45, 2.75) is 0 Å². The Bertz CT molecular complexity index is 4750. The second-order valence-corrected chi connectivity index (χ2v) is 20.7. The summed E-state index contributed by atoms with van der Waals surface area (Å²) in [5, 5.41) is 0. The third-order valence-electron chi connectivity index (χ3n) is 15.3. The number of fused-ring (bicyclic) bond motifs is 4. The van der Waals surface area contributed by atoms with Gasteiger partial charge in [-0.2, -0.15) is 0 Å². The Hall–Kier alpha value is -13.0. The maximum Gasteiger partial charge on any atom is 0.266 e. The number of imide groups is 4. The second-order valence-electron chi connectivity index (χ2n) is 20.7. The Balaban J connectivity index is 0.893. The van der Waals surface area contributed by atoms with Crippen molar-refractivity contribution in [3.63, 3.8) is 0 Å². The minimum absolute atomic E-state index is 0.0213. The molecule has 0 fully saturated rings. The Morgan fingerprint density at radius 1 is 0.182 bits per heavy atom. The topological polar surface area (TPSA) is 150 Å². The van der Waals surface area contributed by atoms with Crippen LogP contribution in [0.15, 0.2) is 231 Å². The summed E-state index contributed by atoms with van der Waals surface area (Å²) in [7, 11) is 0. The van der Waals surface area contributed by atoms with E-state index in [0.717, 1.165) is 41.9 Å². The molecular weight excluding hydrogens is 1100 g/mol. The molecule has 0 spiro atoms. The third-order valence-corrected chi connectivity index (χ3v) is 15.3. The standard InChI is InChI=1S/C76H38N4O8/c81-69-57-35-29-51(25-21-47-13-5-1-6-14-47)41-61(57)73(85)77(69)65-39-33-55(45-67(65)79-71(83)59-37-31-53(43-63(59)75(79)87)27-23-49-17-9-3-10-18-49)56-34-40-66(78-70(82)58-36-30-52(42-62(58)74(78)86)26-22-48-15-7-2-8-16-48)68(46-56)80-72(84)60-38-32-54(44-64(60)76(80)88)28-24-50-19-11-4-12-20-50/h1-20,29-46H. The lowest BCUT2D eigenvalue weighted by atomic mass is 10.0. The lowest BCUT2D eigenvalue weighted by Crippen LogP contribution is -2.35. The summed E-state index contributed by atoms with van der Waals surface area (Å²) in [5.41, 5.74) is 5.02. The number of rotatable bonds is 5. The summed E-state index contributed by atoms with van der Waals surface area (Å²) in [5.74, 6) is 18.6. The Labute approximate surface area is 503 Å². The molecule has 14 rings (SSSR count). The van der Waals surface area contributed by atoms with Gasteiger partial charge in [0.05, 0.1) is 67.3 Å². The van der Waals surface area contributed by atoms with Crippen LogP contribution in [0.4, 0.5) is 22.7 Å². The SMILES string of the molecule is O=C1c2ccc(C#Cc3ccccc3)cc2C(=O)N1c1ccc(-c2ccc(N3C(=O)c4ccc(C#Cc5ccccc5)cc4C3=O)c(N3C(=O)c4ccc(C#Cc5ccccc5)cc4C3=O)c2)cc1N1C(=O)c2ccc(C#Cc3ccccc3)cc2C1=O. The maximum absolute atomic E-state index is 15.0. The summed E-state index contributed by atoms with van der Waals surface area (Å²) < 4.78 is 0. The van der Waals surface area contributed by atoms with Gasteiger partial charge in [-0.25, -0.2) is 19.6 Å². The van der Waals surface area contributed by atoms with Crippen LogP contribution in [0.3, 0.4) is 0 Å². The zero-order chi connectivity index (χ0) is 60.2. The Kier molecular flexibility index (Phi) is 13.0. The first-order valence-electron chi connectivity index (χ1n) is 27.6. The van der Waals surface area contributed by atoms with Crippen LogP contribution in [0.5, 0.6) is 0 Å². The molecule has 4 aliphatic heterocycles. The smallest absolute Gasteiger partial charge is 0.266 e. The largest absolute Gasteiger partial charge is 0.268 e. The van der Waals surface area contributed by atoms with E-state index in [1.54, 1.807) is 36.4 Å². The van der Waals surface area contributed by atoms with Gasteiger partial charge in [-0.05, 0) is 157 Å². The van der Waals surface area contributed by atoms with E-state index in [1.807, 2.05) is 121 Å². The fourth-order valence-corrected chi connectivity index (χ4v) is 11.0. The molecule has 0 N–H and O–H groups in total. The predicted octanol–water partition coefficient (Wildman–Crippen LogP) is 12.2. The number of benzene rings is 10. The van der Waals surface area contributed by atoms with E-state index in [1.165, 1.54) is 72.8 Å². The van der Waals surface area contributed by atoms with Gasteiger partial charge in [0.1, 0.15) is 0 Å². The predicted molar refractivity (Wildman–Crippen MR) is 332 cm³/mol. The van der Waals surface area contributed by atoms with E-state index >= 15 is 0 Å². The highest BCUT2D eigenvalue weighted by atomic mass is 16.2. The highest BCUT2D eigenvalue weighted by Crippen LogP contribution is 2.45. The van der Waals surface area contributed by atoms with Crippen LogP contribution in [0.2, 0.25) is 0 Å². The third kappa shape index (κ3) is 9.37. The summed E-state index contributed by atoms with van der Waals surface area (Å²) in [4.78, 5) is 122. The van der Waals surface area contributed by atoms with E-state index in [9.17, 15) is 38.4 Å². The molecule has 10 aromatic rings. The molecule has 0 aliphatic carbocycles. The summed E-state index contributed by atoms with van der Waals surface area (Å²) in [6.45, 7) is 0. The second kappa shape index (κ2) is 21.6. The van der Waals surface area contributed by atoms with E-state index in [4.69, 9.17) is 0 Å². The van der Waals surface area contributed by atoms with Gasteiger partial charge >= 0.3 is 0 Å². The average molecular weight is 1140 g/mol. The van der Waals surface area contributed by atoms with Gasteiger partial charge in [0, 0.05) is 44.5 Å². The Morgan fingerprint density at radius 2 is 0.398 bits per heavy atom. The molecule has 0 bridgehead atoms. The zero-order valence-corrected chi connectivity index (χ0v) is 46.0. The van der Waals surface area contributed by atoms with Crippen molar-refractivity contribution in [2.75, 3.05) is 19.6 Å². The first-order chi connectivity index (χ1) is 42.9. The average Bonchev–Trinajstić information content (AvgIpc) is 2.29. The molecule has 8 amide bonds. The monoisotopic (exact) mass is 1130 g/mol. The zero-order valence-electron chi connectivity index (χ0n) is 46.0. The highest BCUT2D eigenvalue weighted by molar-refractivity contribution is 6.41. The fourth-order valence-electron chi connectivity index (χ4n) is 11.0. The molecule has 0 saturated carbocycles. The number of hydrogen-bond donors (Lipinski definition) is 0. The number of anilines is 4. The van der Waals surface area contributed by atoms with Gasteiger partial charge in [-0.3, -0.25) is 38.4 Å². The number of nitrogens with zero attached hydrogens (tertiary/aromatic N) is 4. The summed E-state index contributed by atoms with van der Waals surface area (Å²) in [6.07, 6.45) is 0. The summed E-state index contributed by atoms with van der Waals surface area (Å²) >= 11 is 0. The molecule has 0 aromatic heterocycles. The van der Waals surface area contributed by atoms with Crippen molar-refractivity contribution < 1.29 is 38.4 Å². The van der Waals surface area contributed by atoms with Gasteiger partial charge < -0.3 is 0 Å². The van der Waals surface area contributed by atoms with Gasteiger partial charge in [0.25, 0.3) is 47.3 Å². The molecule has 0 saturated heterocycles.